The second-order valence-corrected chi connectivity index (χ2v) is 5.66. The fourth-order valence-corrected chi connectivity index (χ4v) is 3.11. The molecule has 2 aromatic heterocycles. The lowest BCUT2D eigenvalue weighted by molar-refractivity contribution is 1.12. The van der Waals surface area contributed by atoms with Gasteiger partial charge in [-0.1, -0.05) is 40.9 Å². The highest BCUT2D eigenvalue weighted by molar-refractivity contribution is 9.10. The first-order chi connectivity index (χ1) is 9.09. The van der Waals surface area contributed by atoms with Crippen molar-refractivity contribution in [2.24, 2.45) is 0 Å². The van der Waals surface area contributed by atoms with Gasteiger partial charge in [0.25, 0.3) is 0 Å². The molecule has 3 nitrogen and oxygen atoms in total. The van der Waals surface area contributed by atoms with Gasteiger partial charge in [-0.3, -0.25) is 4.40 Å². The van der Waals surface area contributed by atoms with E-state index in [0.29, 0.717) is 31.1 Å². The fraction of sp³-hybridized carbons (Fsp3) is 0. The van der Waals surface area contributed by atoms with E-state index in [1.165, 1.54) is 0 Å². The molecule has 0 aliphatic carbocycles. The zero-order valence-electron chi connectivity index (χ0n) is 9.24. The predicted molar refractivity (Wildman–Crippen MR) is 81.2 cm³/mol. The minimum Gasteiger partial charge on any atom is -0.294 e. The molecule has 3 aromatic rings. The van der Waals surface area contributed by atoms with E-state index in [0.717, 1.165) is 5.56 Å². The molecular formula is C12H5BrCl3N3. The molecule has 0 amide bonds. The van der Waals surface area contributed by atoms with E-state index >= 15 is 0 Å². The molecule has 0 unspecified atom stereocenters. The van der Waals surface area contributed by atoms with Crippen molar-refractivity contribution in [3.8, 4) is 11.4 Å². The van der Waals surface area contributed by atoms with Crippen LogP contribution in [0.15, 0.2) is 35.2 Å². The van der Waals surface area contributed by atoms with Crippen LogP contribution in [0.2, 0.25) is 15.2 Å². The number of hydrogen-bond acceptors (Lipinski definition) is 2. The van der Waals surface area contributed by atoms with Crippen molar-refractivity contribution in [2.45, 2.75) is 0 Å². The molecule has 0 bridgehead atoms. The highest BCUT2D eigenvalue weighted by atomic mass is 79.9. The molecule has 19 heavy (non-hydrogen) atoms. The minimum atomic E-state index is 0.367. The first kappa shape index (κ1) is 13.2. The van der Waals surface area contributed by atoms with Crippen LogP contribution < -0.4 is 0 Å². The van der Waals surface area contributed by atoms with Crippen LogP contribution in [0.25, 0.3) is 16.9 Å². The third-order valence-corrected chi connectivity index (χ3v) is 4.31. The summed E-state index contributed by atoms with van der Waals surface area (Å²) >= 11 is 21.7. The predicted octanol–water partition coefficient (Wildman–Crippen LogP) is 5.12. The van der Waals surface area contributed by atoms with Crippen LogP contribution in [0, 0.1) is 0 Å². The van der Waals surface area contributed by atoms with E-state index < -0.39 is 0 Å². The van der Waals surface area contributed by atoms with Crippen molar-refractivity contribution < 1.29 is 0 Å². The number of halogens is 4. The Labute approximate surface area is 132 Å². The molecule has 0 aliphatic heterocycles. The Bertz CT molecular complexity index is 785. The van der Waals surface area contributed by atoms with Gasteiger partial charge in [-0.15, -0.1) is 0 Å². The topological polar surface area (TPSA) is 30.2 Å². The van der Waals surface area contributed by atoms with E-state index in [4.69, 9.17) is 34.8 Å². The summed E-state index contributed by atoms with van der Waals surface area (Å²) in [6, 6.07) is 5.40. The molecule has 0 saturated carbocycles. The molecule has 0 radical (unpaired) electrons. The molecule has 7 heteroatoms. The molecule has 3 rings (SSSR count). The van der Waals surface area contributed by atoms with Crippen molar-refractivity contribution in [1.29, 1.82) is 0 Å². The Morgan fingerprint density at radius 1 is 1.16 bits per heavy atom. The minimum absolute atomic E-state index is 0.367. The molecule has 2 heterocycles. The average molecular weight is 377 g/mol. The van der Waals surface area contributed by atoms with Gasteiger partial charge in [-0.2, -0.15) is 0 Å². The Kier molecular flexibility index (Phi) is 3.43. The van der Waals surface area contributed by atoms with Gasteiger partial charge in [-0.25, -0.2) is 9.97 Å². The van der Waals surface area contributed by atoms with Crippen LogP contribution in [0.3, 0.4) is 0 Å². The van der Waals surface area contributed by atoms with Gasteiger partial charge in [-0.05, 0) is 28.1 Å². The number of nitrogens with zero attached hydrogens (tertiary/aromatic N) is 3. The van der Waals surface area contributed by atoms with Gasteiger partial charge in [0.2, 0.25) is 0 Å². The van der Waals surface area contributed by atoms with Gasteiger partial charge in [0.1, 0.15) is 15.9 Å². The standard InChI is InChI=1S/C12H5BrCl3N3/c13-10-9-11(16)17-4-5-19(9)12(18-10)6-2-1-3-7(14)8(6)15/h1-5H. The van der Waals surface area contributed by atoms with Crippen LogP contribution in [0.4, 0.5) is 0 Å². The number of hydrogen-bond donors (Lipinski definition) is 0. The largest absolute Gasteiger partial charge is 0.294 e. The number of fused-ring (bicyclic) bond motifs is 1. The molecule has 0 spiro atoms. The molecule has 0 fully saturated rings. The summed E-state index contributed by atoms with van der Waals surface area (Å²) in [5.74, 6) is 0.652. The van der Waals surface area contributed by atoms with Gasteiger partial charge in [0.05, 0.1) is 10.0 Å². The summed E-state index contributed by atoms with van der Waals surface area (Å²) in [7, 11) is 0. The van der Waals surface area contributed by atoms with Gasteiger partial charge < -0.3 is 0 Å². The summed E-state index contributed by atoms with van der Waals surface area (Å²) in [6.45, 7) is 0. The fourth-order valence-electron chi connectivity index (χ4n) is 1.83. The maximum Gasteiger partial charge on any atom is 0.155 e. The summed E-state index contributed by atoms with van der Waals surface area (Å²) in [6.07, 6.45) is 3.37. The van der Waals surface area contributed by atoms with Crippen molar-refractivity contribution >= 4 is 56.2 Å². The van der Waals surface area contributed by atoms with Crippen molar-refractivity contribution in [1.82, 2.24) is 14.4 Å². The zero-order chi connectivity index (χ0) is 13.6. The highest BCUT2D eigenvalue weighted by Crippen LogP contribution is 2.35. The monoisotopic (exact) mass is 375 g/mol. The van der Waals surface area contributed by atoms with E-state index in [-0.39, 0.29) is 0 Å². The molecule has 0 aliphatic rings. The van der Waals surface area contributed by atoms with E-state index in [1.807, 2.05) is 16.5 Å². The molecular weight excluding hydrogens is 372 g/mol. The van der Waals surface area contributed by atoms with Crippen molar-refractivity contribution in [3.05, 3.63) is 50.4 Å². The maximum absolute atomic E-state index is 6.23. The lowest BCUT2D eigenvalue weighted by atomic mass is 10.2. The van der Waals surface area contributed by atoms with Crippen LogP contribution in [-0.2, 0) is 0 Å². The Hall–Kier alpha value is -0.810. The summed E-state index contributed by atoms with van der Waals surface area (Å²) < 4.78 is 2.42. The van der Waals surface area contributed by atoms with Gasteiger partial charge in [0, 0.05) is 18.0 Å². The quantitative estimate of drug-likeness (QED) is 0.589. The summed E-state index contributed by atoms with van der Waals surface area (Å²) in [5, 5.41) is 1.30. The first-order valence-corrected chi connectivity index (χ1v) is 7.14. The second kappa shape index (κ2) is 4.94. The molecule has 96 valence electrons. The maximum atomic E-state index is 6.23. The average Bonchev–Trinajstić information content (AvgIpc) is 2.72. The number of rotatable bonds is 1. The Morgan fingerprint density at radius 2 is 1.95 bits per heavy atom. The zero-order valence-corrected chi connectivity index (χ0v) is 13.1. The van der Waals surface area contributed by atoms with Crippen molar-refractivity contribution in [2.75, 3.05) is 0 Å². The van der Waals surface area contributed by atoms with Crippen LogP contribution in [-0.4, -0.2) is 14.4 Å². The summed E-state index contributed by atoms with van der Waals surface area (Å²) in [5.41, 5.74) is 1.42. The van der Waals surface area contributed by atoms with Crippen LogP contribution in [0.5, 0.6) is 0 Å². The molecule has 0 atom stereocenters. The van der Waals surface area contributed by atoms with Crippen LogP contribution in [0.1, 0.15) is 0 Å². The second-order valence-electron chi connectivity index (χ2n) is 3.76. The summed E-state index contributed by atoms with van der Waals surface area (Å²) in [4.78, 5) is 8.47. The number of benzene rings is 1. The normalized spacial score (nSPS) is 11.2. The van der Waals surface area contributed by atoms with Gasteiger partial charge >= 0.3 is 0 Å². The van der Waals surface area contributed by atoms with Crippen molar-refractivity contribution in [3.63, 3.8) is 0 Å². The smallest absolute Gasteiger partial charge is 0.155 e. The van der Waals surface area contributed by atoms with E-state index in [2.05, 4.69) is 25.9 Å². The Balaban J connectivity index is 2.38. The lowest BCUT2D eigenvalue weighted by Crippen LogP contribution is -1.91. The first-order valence-electron chi connectivity index (χ1n) is 5.22. The third-order valence-electron chi connectivity index (χ3n) is 2.66. The van der Waals surface area contributed by atoms with Crippen LogP contribution >= 0.6 is 50.7 Å². The SMILES string of the molecule is Clc1cccc(-c2nc(Br)c3c(Cl)nccn23)c1Cl. The highest BCUT2D eigenvalue weighted by Gasteiger charge is 2.17. The third kappa shape index (κ3) is 2.13. The van der Waals surface area contributed by atoms with Gasteiger partial charge in [0.15, 0.2) is 5.15 Å². The number of imidazole rings is 1. The van der Waals surface area contributed by atoms with E-state index in [9.17, 15) is 0 Å². The number of aromatic nitrogens is 3. The molecule has 1 aromatic carbocycles. The van der Waals surface area contributed by atoms with E-state index in [1.54, 1.807) is 18.5 Å². The Morgan fingerprint density at radius 3 is 2.74 bits per heavy atom. The lowest BCUT2D eigenvalue weighted by Gasteiger charge is -2.05. The molecule has 0 N–H and O–H groups in total. The molecule has 0 saturated heterocycles.